The second-order valence-corrected chi connectivity index (χ2v) is 14.0. The predicted molar refractivity (Wildman–Crippen MR) is 181 cm³/mol. The van der Waals surface area contributed by atoms with Gasteiger partial charge in [0.25, 0.3) is 10.0 Å². The molecule has 0 aliphatic heterocycles. The van der Waals surface area contributed by atoms with Crippen LogP contribution >= 0.6 is 34.8 Å². The third kappa shape index (κ3) is 9.01. The van der Waals surface area contributed by atoms with Crippen molar-refractivity contribution in [2.24, 2.45) is 5.92 Å². The van der Waals surface area contributed by atoms with Crippen molar-refractivity contribution >= 4 is 62.3 Å². The van der Waals surface area contributed by atoms with Crippen molar-refractivity contribution < 1.29 is 18.0 Å². The SMILES string of the molecule is CC(C)CNC(=O)[C@H](Cc1ccccc1)N(Cc1ccccc1Cl)C(=O)CN(c1ccc(Cl)cc1Cl)S(=O)(=O)c1ccccc1. The number of sulfonamides is 1. The highest BCUT2D eigenvalue weighted by atomic mass is 35.5. The van der Waals surface area contributed by atoms with Gasteiger partial charge in [0.1, 0.15) is 12.6 Å². The molecular weight excluding hydrogens is 653 g/mol. The van der Waals surface area contributed by atoms with E-state index in [2.05, 4.69) is 5.32 Å². The number of benzene rings is 4. The number of nitrogens with one attached hydrogen (secondary N) is 1. The molecule has 236 valence electrons. The lowest BCUT2D eigenvalue weighted by Crippen LogP contribution is -2.53. The van der Waals surface area contributed by atoms with E-state index in [0.717, 1.165) is 9.87 Å². The lowest BCUT2D eigenvalue weighted by atomic mass is 10.0. The highest BCUT2D eigenvalue weighted by Crippen LogP contribution is 2.33. The molecule has 0 aliphatic rings. The third-order valence-electron chi connectivity index (χ3n) is 7.04. The fourth-order valence-electron chi connectivity index (χ4n) is 4.70. The summed E-state index contributed by atoms with van der Waals surface area (Å²) in [6, 6.07) is 27.5. The molecule has 7 nitrogen and oxygen atoms in total. The summed E-state index contributed by atoms with van der Waals surface area (Å²) in [6.45, 7) is 3.65. The Morgan fingerprint density at radius 1 is 0.800 bits per heavy atom. The van der Waals surface area contributed by atoms with Crippen molar-refractivity contribution in [3.05, 3.63) is 129 Å². The van der Waals surface area contributed by atoms with Crippen LogP contribution < -0.4 is 9.62 Å². The quantitative estimate of drug-likeness (QED) is 0.161. The van der Waals surface area contributed by atoms with Gasteiger partial charge in [-0.1, -0.05) is 115 Å². The van der Waals surface area contributed by atoms with Crippen LogP contribution in [0.1, 0.15) is 25.0 Å². The maximum atomic E-state index is 14.5. The fourth-order valence-corrected chi connectivity index (χ4v) is 6.91. The highest BCUT2D eigenvalue weighted by Gasteiger charge is 2.35. The summed E-state index contributed by atoms with van der Waals surface area (Å²) in [7, 11) is -4.29. The Kier molecular flexibility index (Phi) is 11.9. The summed E-state index contributed by atoms with van der Waals surface area (Å²) in [5.41, 5.74) is 1.50. The van der Waals surface area contributed by atoms with E-state index in [1.54, 1.807) is 42.5 Å². The molecule has 0 aliphatic carbocycles. The maximum absolute atomic E-state index is 14.5. The third-order valence-corrected chi connectivity index (χ3v) is 9.72. The van der Waals surface area contributed by atoms with Crippen LogP contribution in [0, 0.1) is 5.92 Å². The van der Waals surface area contributed by atoms with Gasteiger partial charge in [0.15, 0.2) is 0 Å². The molecule has 0 radical (unpaired) electrons. The van der Waals surface area contributed by atoms with Crippen LogP contribution in [-0.2, 0) is 32.6 Å². The fraction of sp³-hybridized carbons (Fsp3) is 0.235. The molecule has 0 saturated carbocycles. The van der Waals surface area contributed by atoms with Crippen molar-refractivity contribution in [3.8, 4) is 0 Å². The second-order valence-electron chi connectivity index (χ2n) is 10.9. The lowest BCUT2D eigenvalue weighted by Gasteiger charge is -2.34. The van der Waals surface area contributed by atoms with Crippen molar-refractivity contribution in [1.82, 2.24) is 10.2 Å². The molecular formula is C34H34Cl3N3O4S. The molecule has 4 aromatic rings. The minimum atomic E-state index is -4.29. The van der Waals surface area contributed by atoms with Crippen LogP contribution in [0.15, 0.2) is 108 Å². The first-order valence-electron chi connectivity index (χ1n) is 14.3. The van der Waals surface area contributed by atoms with Gasteiger partial charge in [0.2, 0.25) is 11.8 Å². The normalized spacial score (nSPS) is 12.0. The van der Waals surface area contributed by atoms with Crippen LogP contribution in [-0.4, -0.2) is 44.3 Å². The minimum absolute atomic E-state index is 0.0306. The monoisotopic (exact) mass is 685 g/mol. The van der Waals surface area contributed by atoms with Gasteiger partial charge in [-0.15, -0.1) is 0 Å². The number of anilines is 1. The van der Waals surface area contributed by atoms with Crippen LogP contribution in [0.2, 0.25) is 15.1 Å². The molecule has 2 amide bonds. The molecule has 45 heavy (non-hydrogen) atoms. The number of halogens is 3. The Morgan fingerprint density at radius 2 is 1.42 bits per heavy atom. The van der Waals surface area contributed by atoms with Gasteiger partial charge >= 0.3 is 0 Å². The molecule has 1 atom stereocenters. The van der Waals surface area contributed by atoms with Crippen LogP contribution in [0.5, 0.6) is 0 Å². The van der Waals surface area contributed by atoms with Crippen LogP contribution in [0.3, 0.4) is 0 Å². The van der Waals surface area contributed by atoms with Crippen molar-refractivity contribution in [3.63, 3.8) is 0 Å². The van der Waals surface area contributed by atoms with Crippen LogP contribution in [0.4, 0.5) is 5.69 Å². The summed E-state index contributed by atoms with van der Waals surface area (Å²) in [6.07, 6.45) is 0.189. The number of nitrogens with zero attached hydrogens (tertiary/aromatic N) is 2. The summed E-state index contributed by atoms with van der Waals surface area (Å²) in [4.78, 5) is 29.7. The number of carbonyl (C=O) groups is 2. The van der Waals surface area contributed by atoms with Crippen LogP contribution in [0.25, 0.3) is 0 Å². The zero-order valence-electron chi connectivity index (χ0n) is 24.9. The van der Waals surface area contributed by atoms with Gasteiger partial charge in [-0.25, -0.2) is 8.42 Å². The molecule has 0 fully saturated rings. The molecule has 0 spiro atoms. The first-order chi connectivity index (χ1) is 21.5. The molecule has 4 rings (SSSR count). The molecule has 11 heteroatoms. The Morgan fingerprint density at radius 3 is 2.04 bits per heavy atom. The van der Waals surface area contributed by atoms with Gasteiger partial charge in [0.05, 0.1) is 15.6 Å². The van der Waals surface area contributed by atoms with Crippen molar-refractivity contribution in [2.75, 3.05) is 17.4 Å². The van der Waals surface area contributed by atoms with E-state index in [1.165, 1.54) is 35.2 Å². The number of rotatable bonds is 13. The average molecular weight is 687 g/mol. The van der Waals surface area contributed by atoms with Gasteiger partial charge in [-0.3, -0.25) is 13.9 Å². The van der Waals surface area contributed by atoms with Gasteiger partial charge in [-0.05, 0) is 53.4 Å². The molecule has 4 aromatic carbocycles. The van der Waals surface area contributed by atoms with E-state index in [0.29, 0.717) is 22.2 Å². The van der Waals surface area contributed by atoms with Gasteiger partial charge in [0, 0.05) is 29.6 Å². The Bertz CT molecular complexity index is 1720. The molecule has 0 unspecified atom stereocenters. The largest absolute Gasteiger partial charge is 0.354 e. The molecule has 1 N–H and O–H groups in total. The minimum Gasteiger partial charge on any atom is -0.354 e. The summed E-state index contributed by atoms with van der Waals surface area (Å²) < 4.78 is 29.1. The standard InChI is InChI=1S/C34H34Cl3N3O4S/c1-24(2)21-38-34(42)32(19-25-11-5-3-6-12-25)39(22-26-13-9-10-16-29(26)36)33(41)23-40(31-18-17-27(35)20-30(31)37)45(43,44)28-14-7-4-8-15-28/h3-18,20,24,32H,19,21-23H2,1-2H3,(H,38,42)/t32-/m0/s1. The van der Waals surface area contributed by atoms with Crippen molar-refractivity contribution in [1.29, 1.82) is 0 Å². The van der Waals surface area contributed by atoms with Gasteiger partial charge in [-0.2, -0.15) is 0 Å². The first-order valence-corrected chi connectivity index (χ1v) is 16.9. The summed E-state index contributed by atoms with van der Waals surface area (Å²) >= 11 is 19.2. The average Bonchev–Trinajstić information content (AvgIpc) is 3.02. The molecule has 0 bridgehead atoms. The maximum Gasteiger partial charge on any atom is 0.264 e. The summed E-state index contributed by atoms with van der Waals surface area (Å²) in [5.74, 6) is -0.825. The van der Waals surface area contributed by atoms with E-state index in [1.807, 2.05) is 44.2 Å². The number of hydrogen-bond acceptors (Lipinski definition) is 4. The number of carbonyl (C=O) groups excluding carboxylic acids is 2. The molecule has 0 aromatic heterocycles. The van der Waals surface area contributed by atoms with E-state index < -0.39 is 28.5 Å². The van der Waals surface area contributed by atoms with Crippen molar-refractivity contribution in [2.45, 2.75) is 37.8 Å². The highest BCUT2D eigenvalue weighted by molar-refractivity contribution is 7.92. The topological polar surface area (TPSA) is 86.8 Å². The Hall–Kier alpha value is -3.56. The molecule has 0 saturated heterocycles. The zero-order valence-corrected chi connectivity index (χ0v) is 28.0. The Balaban J connectivity index is 1.82. The lowest BCUT2D eigenvalue weighted by molar-refractivity contribution is -0.140. The van der Waals surface area contributed by atoms with E-state index in [9.17, 15) is 18.0 Å². The number of amides is 2. The first kappa shape index (κ1) is 34.3. The smallest absolute Gasteiger partial charge is 0.264 e. The van der Waals surface area contributed by atoms with E-state index in [-0.39, 0.29) is 40.4 Å². The predicted octanol–water partition coefficient (Wildman–Crippen LogP) is 7.25. The van der Waals surface area contributed by atoms with E-state index >= 15 is 0 Å². The molecule has 0 heterocycles. The van der Waals surface area contributed by atoms with E-state index in [4.69, 9.17) is 34.8 Å². The Labute approximate surface area is 279 Å². The zero-order chi connectivity index (χ0) is 32.6. The second kappa shape index (κ2) is 15.6. The summed E-state index contributed by atoms with van der Waals surface area (Å²) in [5, 5.41) is 3.72. The van der Waals surface area contributed by atoms with Gasteiger partial charge < -0.3 is 10.2 Å². The number of hydrogen-bond donors (Lipinski definition) is 1.